The second kappa shape index (κ2) is 10.9. The summed E-state index contributed by atoms with van der Waals surface area (Å²) < 4.78 is 18.9. The van der Waals surface area contributed by atoms with Gasteiger partial charge in [-0.1, -0.05) is 18.2 Å². The normalized spacial score (nSPS) is 14.1. The fourth-order valence-corrected chi connectivity index (χ4v) is 4.70. The van der Waals surface area contributed by atoms with E-state index in [1.165, 1.54) is 16.7 Å². The van der Waals surface area contributed by atoms with Crippen LogP contribution in [0.1, 0.15) is 34.1 Å². The van der Waals surface area contributed by atoms with Gasteiger partial charge in [0.15, 0.2) is 11.5 Å². The van der Waals surface area contributed by atoms with Crippen LogP contribution in [0.15, 0.2) is 67.0 Å². The van der Waals surface area contributed by atoms with Gasteiger partial charge in [0, 0.05) is 32.0 Å². The first-order valence-corrected chi connectivity index (χ1v) is 12.5. The predicted molar refractivity (Wildman–Crippen MR) is 141 cm³/mol. The van der Waals surface area contributed by atoms with Crippen molar-refractivity contribution in [2.75, 3.05) is 27.3 Å². The smallest absolute Gasteiger partial charge is 0.271 e. The van der Waals surface area contributed by atoms with Gasteiger partial charge in [0.2, 0.25) is 0 Å². The van der Waals surface area contributed by atoms with Gasteiger partial charge in [0.05, 0.1) is 20.8 Å². The number of amides is 1. The Morgan fingerprint density at radius 2 is 1.86 bits per heavy atom. The average Bonchev–Trinajstić information content (AvgIpc) is 3.35. The van der Waals surface area contributed by atoms with E-state index in [1.807, 2.05) is 47.9 Å². The number of pyridine rings is 1. The molecule has 0 saturated heterocycles. The molecule has 0 aliphatic carbocycles. The highest BCUT2D eigenvalue weighted by molar-refractivity contribution is 5.92. The molecule has 0 saturated carbocycles. The van der Waals surface area contributed by atoms with Crippen molar-refractivity contribution in [3.63, 3.8) is 0 Å². The zero-order valence-electron chi connectivity index (χ0n) is 21.4. The van der Waals surface area contributed by atoms with Gasteiger partial charge in [-0.15, -0.1) is 0 Å². The van der Waals surface area contributed by atoms with Gasteiger partial charge in [-0.05, 0) is 66.4 Å². The van der Waals surface area contributed by atoms with Crippen molar-refractivity contribution < 1.29 is 19.0 Å². The van der Waals surface area contributed by atoms with Crippen LogP contribution < -0.4 is 19.5 Å². The van der Waals surface area contributed by atoms with Gasteiger partial charge in [-0.25, -0.2) is 4.98 Å². The minimum absolute atomic E-state index is 0.194. The molecule has 1 aliphatic rings. The third-order valence-corrected chi connectivity index (χ3v) is 6.59. The second-order valence-electron chi connectivity index (χ2n) is 9.31. The van der Waals surface area contributed by atoms with E-state index in [4.69, 9.17) is 14.2 Å². The van der Waals surface area contributed by atoms with Crippen LogP contribution in [0.4, 0.5) is 0 Å². The number of aromatic nitrogens is 2. The largest absolute Gasteiger partial charge is 0.493 e. The summed E-state index contributed by atoms with van der Waals surface area (Å²) in [7, 11) is 3.34. The molecule has 37 heavy (non-hydrogen) atoms. The first-order valence-electron chi connectivity index (χ1n) is 12.5. The van der Waals surface area contributed by atoms with E-state index in [0.717, 1.165) is 49.0 Å². The number of rotatable bonds is 9. The number of hydrogen-bond donors (Lipinski definition) is 1. The molecule has 192 valence electrons. The molecule has 1 aliphatic heterocycles. The van der Waals surface area contributed by atoms with Gasteiger partial charge >= 0.3 is 0 Å². The number of carbonyl (C=O) groups excluding carboxylic acids is 1. The highest BCUT2D eigenvalue weighted by Crippen LogP contribution is 2.33. The lowest BCUT2D eigenvalue weighted by molar-refractivity contribution is 0.0927. The number of hydrogen-bond acceptors (Lipinski definition) is 6. The molecule has 1 atom stereocenters. The molecule has 5 rings (SSSR count). The zero-order valence-corrected chi connectivity index (χ0v) is 21.4. The van der Waals surface area contributed by atoms with Gasteiger partial charge in [0.25, 0.3) is 5.91 Å². The molecule has 8 heteroatoms. The van der Waals surface area contributed by atoms with Crippen LogP contribution in [0.3, 0.4) is 0 Å². The molecule has 0 bridgehead atoms. The Balaban J connectivity index is 1.16. The number of nitrogens with zero attached hydrogens (tertiary/aromatic N) is 3. The van der Waals surface area contributed by atoms with E-state index in [1.54, 1.807) is 20.4 Å². The summed E-state index contributed by atoms with van der Waals surface area (Å²) >= 11 is 0. The summed E-state index contributed by atoms with van der Waals surface area (Å²) in [5.41, 5.74) is 4.89. The van der Waals surface area contributed by atoms with E-state index in [-0.39, 0.29) is 12.0 Å². The molecule has 1 amide bonds. The Kier molecular flexibility index (Phi) is 7.28. The SMILES string of the molecule is COc1cc2c(cc1OC)CN(Cc1cccc(O[C@@H](C)CNC(=O)c3cn4ccccc4n3)c1)CC2. The molecular formula is C29H32N4O4. The van der Waals surface area contributed by atoms with Crippen LogP contribution in [0.2, 0.25) is 0 Å². The Hall–Kier alpha value is -4.04. The number of fused-ring (bicyclic) bond motifs is 2. The zero-order chi connectivity index (χ0) is 25.8. The highest BCUT2D eigenvalue weighted by Gasteiger charge is 2.20. The van der Waals surface area contributed by atoms with E-state index in [9.17, 15) is 4.79 Å². The van der Waals surface area contributed by atoms with Crippen LogP contribution in [0.5, 0.6) is 17.2 Å². The fraction of sp³-hybridized carbons (Fsp3) is 0.310. The maximum atomic E-state index is 12.5. The summed E-state index contributed by atoms with van der Waals surface area (Å²) in [6, 6.07) is 18.0. The molecule has 0 spiro atoms. The maximum Gasteiger partial charge on any atom is 0.271 e. The first kappa shape index (κ1) is 24.6. The summed E-state index contributed by atoms with van der Waals surface area (Å²) in [6.07, 6.45) is 4.37. The van der Waals surface area contributed by atoms with Crippen LogP contribution in [0, 0.1) is 0 Å². The van der Waals surface area contributed by atoms with E-state index < -0.39 is 0 Å². The van der Waals surface area contributed by atoms with Gasteiger partial charge < -0.3 is 23.9 Å². The topological polar surface area (TPSA) is 77.3 Å². The van der Waals surface area contributed by atoms with Crippen molar-refractivity contribution in [3.8, 4) is 17.2 Å². The first-order chi connectivity index (χ1) is 18.0. The molecule has 0 fully saturated rings. The lowest BCUT2D eigenvalue weighted by atomic mass is 9.98. The monoisotopic (exact) mass is 500 g/mol. The minimum Gasteiger partial charge on any atom is -0.493 e. The van der Waals surface area contributed by atoms with Crippen molar-refractivity contribution in [2.24, 2.45) is 0 Å². The van der Waals surface area contributed by atoms with Crippen LogP contribution >= 0.6 is 0 Å². The number of ether oxygens (including phenoxy) is 3. The number of benzene rings is 2. The molecule has 4 aromatic rings. The average molecular weight is 501 g/mol. The standard InChI is InChI=1S/C29H32N4O4/c1-20(16-30-29(34)25-19-33-11-5-4-9-28(33)31-25)37-24-8-6-7-21(13-24)17-32-12-10-22-14-26(35-2)27(36-3)15-23(22)18-32/h4-9,11,13-15,19-20H,10,12,16-18H2,1-3H3,(H,30,34)/t20-/m0/s1. The molecule has 0 unspecified atom stereocenters. The van der Waals surface area contributed by atoms with Gasteiger partial charge in [-0.2, -0.15) is 0 Å². The lowest BCUT2D eigenvalue weighted by Gasteiger charge is -2.29. The van der Waals surface area contributed by atoms with Gasteiger partial charge in [0.1, 0.15) is 23.2 Å². The Labute approximate surface area is 216 Å². The van der Waals surface area contributed by atoms with Crippen molar-refractivity contribution in [3.05, 3.63) is 89.4 Å². The van der Waals surface area contributed by atoms with Crippen molar-refractivity contribution >= 4 is 11.6 Å². The summed E-state index contributed by atoms with van der Waals surface area (Å²) in [6.45, 7) is 4.97. The number of carbonyl (C=O) groups is 1. The summed E-state index contributed by atoms with van der Waals surface area (Å²) in [5, 5.41) is 2.92. The molecule has 8 nitrogen and oxygen atoms in total. The number of imidazole rings is 1. The van der Waals surface area contributed by atoms with Crippen molar-refractivity contribution in [1.82, 2.24) is 19.6 Å². The molecule has 2 aromatic heterocycles. The maximum absolute atomic E-state index is 12.5. The summed E-state index contributed by atoms with van der Waals surface area (Å²) in [5.74, 6) is 2.12. The highest BCUT2D eigenvalue weighted by atomic mass is 16.5. The third-order valence-electron chi connectivity index (χ3n) is 6.59. The molecule has 3 heterocycles. The third kappa shape index (κ3) is 5.70. The van der Waals surface area contributed by atoms with E-state index >= 15 is 0 Å². The van der Waals surface area contributed by atoms with Crippen LogP contribution in [-0.4, -0.2) is 53.6 Å². The van der Waals surface area contributed by atoms with Crippen LogP contribution in [-0.2, 0) is 19.5 Å². The second-order valence-corrected chi connectivity index (χ2v) is 9.31. The Morgan fingerprint density at radius 1 is 1.05 bits per heavy atom. The Morgan fingerprint density at radius 3 is 2.65 bits per heavy atom. The molecule has 1 N–H and O–H groups in total. The quantitative estimate of drug-likeness (QED) is 0.373. The van der Waals surface area contributed by atoms with E-state index in [2.05, 4.69) is 39.5 Å². The molecule has 2 aromatic carbocycles. The number of methoxy groups -OCH3 is 2. The lowest BCUT2D eigenvalue weighted by Crippen LogP contribution is -2.33. The predicted octanol–water partition coefficient (Wildman–Crippen LogP) is 4.11. The summed E-state index contributed by atoms with van der Waals surface area (Å²) in [4.78, 5) is 19.3. The van der Waals surface area contributed by atoms with Gasteiger partial charge in [-0.3, -0.25) is 9.69 Å². The van der Waals surface area contributed by atoms with Crippen molar-refractivity contribution in [2.45, 2.75) is 32.5 Å². The molecule has 0 radical (unpaired) electrons. The fourth-order valence-electron chi connectivity index (χ4n) is 4.70. The minimum atomic E-state index is -0.215. The Bertz CT molecular complexity index is 1370. The van der Waals surface area contributed by atoms with E-state index in [0.29, 0.717) is 12.2 Å². The van der Waals surface area contributed by atoms with Crippen LogP contribution in [0.25, 0.3) is 5.65 Å². The molecular weight excluding hydrogens is 468 g/mol. The number of nitrogens with one attached hydrogen (secondary N) is 1. The van der Waals surface area contributed by atoms with Crippen molar-refractivity contribution in [1.29, 1.82) is 0 Å².